The predicted molar refractivity (Wildman–Crippen MR) is 80.2 cm³/mol. The highest BCUT2D eigenvalue weighted by atomic mass is 16.3. The van der Waals surface area contributed by atoms with Gasteiger partial charge in [-0.15, -0.1) is 0 Å². The van der Waals surface area contributed by atoms with Gasteiger partial charge >= 0.3 is 0 Å². The molecule has 0 radical (unpaired) electrons. The van der Waals surface area contributed by atoms with Gasteiger partial charge in [0.15, 0.2) is 5.69 Å². The predicted octanol–water partition coefficient (Wildman–Crippen LogP) is 2.55. The molecule has 0 bridgehead atoms. The Hall–Kier alpha value is -2.37. The molecule has 0 fully saturated rings. The topological polar surface area (TPSA) is 80.0 Å². The number of anilines is 1. The lowest BCUT2D eigenvalue weighted by atomic mass is 10.2. The van der Waals surface area contributed by atoms with Gasteiger partial charge in [-0.05, 0) is 13.0 Å². The van der Waals surface area contributed by atoms with Crippen LogP contribution in [-0.2, 0) is 6.54 Å². The smallest absolute Gasteiger partial charge is 0.272 e. The van der Waals surface area contributed by atoms with Crippen LogP contribution in [0.2, 0.25) is 0 Å². The molecule has 6 nitrogen and oxygen atoms in total. The number of carbonyl (C=O) groups is 1. The highest BCUT2D eigenvalue weighted by molar-refractivity contribution is 5.97. The SMILES string of the molecule is CCNc1cnc(C(C)C)nc1C(=O)NCc1ccoc1. The Bertz CT molecular complexity index is 594. The fourth-order valence-electron chi connectivity index (χ4n) is 1.83. The van der Waals surface area contributed by atoms with Crippen molar-refractivity contribution in [1.82, 2.24) is 15.3 Å². The molecule has 2 heterocycles. The van der Waals surface area contributed by atoms with Crippen LogP contribution in [0.1, 0.15) is 48.6 Å². The minimum Gasteiger partial charge on any atom is -0.472 e. The lowest BCUT2D eigenvalue weighted by Crippen LogP contribution is -2.25. The first kappa shape index (κ1) is 15.0. The van der Waals surface area contributed by atoms with Crippen LogP contribution in [0.4, 0.5) is 5.69 Å². The lowest BCUT2D eigenvalue weighted by molar-refractivity contribution is 0.0946. The molecule has 0 saturated carbocycles. The molecule has 0 spiro atoms. The van der Waals surface area contributed by atoms with Gasteiger partial charge < -0.3 is 15.1 Å². The minimum atomic E-state index is -0.226. The molecular weight excluding hydrogens is 268 g/mol. The van der Waals surface area contributed by atoms with Crippen molar-refractivity contribution in [1.29, 1.82) is 0 Å². The zero-order valence-electron chi connectivity index (χ0n) is 12.5. The second-order valence-electron chi connectivity index (χ2n) is 4.99. The summed E-state index contributed by atoms with van der Waals surface area (Å²) < 4.78 is 4.98. The van der Waals surface area contributed by atoms with Crippen molar-refractivity contribution in [2.75, 3.05) is 11.9 Å². The average Bonchev–Trinajstić information content (AvgIpc) is 2.98. The van der Waals surface area contributed by atoms with Crippen LogP contribution in [0.5, 0.6) is 0 Å². The molecule has 0 unspecified atom stereocenters. The third-order valence-electron chi connectivity index (χ3n) is 2.94. The van der Waals surface area contributed by atoms with E-state index in [9.17, 15) is 4.79 Å². The molecule has 0 atom stereocenters. The van der Waals surface area contributed by atoms with Crippen molar-refractivity contribution >= 4 is 11.6 Å². The Morgan fingerprint density at radius 2 is 2.24 bits per heavy atom. The molecule has 21 heavy (non-hydrogen) atoms. The van der Waals surface area contributed by atoms with Crippen LogP contribution in [0, 0.1) is 0 Å². The molecule has 2 rings (SSSR count). The molecule has 2 N–H and O–H groups in total. The number of rotatable bonds is 6. The fourth-order valence-corrected chi connectivity index (χ4v) is 1.83. The third-order valence-corrected chi connectivity index (χ3v) is 2.94. The van der Waals surface area contributed by atoms with Gasteiger partial charge in [0.1, 0.15) is 5.82 Å². The largest absolute Gasteiger partial charge is 0.472 e. The maximum Gasteiger partial charge on any atom is 0.272 e. The summed E-state index contributed by atoms with van der Waals surface area (Å²) in [6, 6.07) is 1.81. The van der Waals surface area contributed by atoms with Crippen LogP contribution in [0.15, 0.2) is 29.2 Å². The Morgan fingerprint density at radius 3 is 2.86 bits per heavy atom. The number of hydrogen-bond acceptors (Lipinski definition) is 5. The van der Waals surface area contributed by atoms with Crippen LogP contribution < -0.4 is 10.6 Å². The Balaban J connectivity index is 2.18. The van der Waals surface area contributed by atoms with Gasteiger partial charge in [-0.3, -0.25) is 4.79 Å². The fraction of sp³-hybridized carbons (Fsp3) is 0.400. The van der Waals surface area contributed by atoms with Gasteiger partial charge in [-0.1, -0.05) is 13.8 Å². The first-order chi connectivity index (χ1) is 10.1. The maximum atomic E-state index is 12.3. The molecule has 2 aromatic rings. The number of nitrogens with one attached hydrogen (secondary N) is 2. The number of amides is 1. The van der Waals surface area contributed by atoms with E-state index >= 15 is 0 Å². The molecular formula is C15H20N4O2. The van der Waals surface area contributed by atoms with Crippen molar-refractivity contribution in [3.8, 4) is 0 Å². The third kappa shape index (κ3) is 3.81. The maximum absolute atomic E-state index is 12.3. The molecule has 0 saturated heterocycles. The second kappa shape index (κ2) is 6.88. The van der Waals surface area contributed by atoms with Gasteiger partial charge in [0, 0.05) is 24.6 Å². The normalized spacial score (nSPS) is 10.7. The number of furan rings is 1. The Morgan fingerprint density at radius 1 is 1.43 bits per heavy atom. The molecule has 0 aliphatic heterocycles. The standard InChI is InChI=1S/C15H20N4O2/c1-4-16-12-8-17-14(10(2)3)19-13(12)15(20)18-7-11-5-6-21-9-11/h5-6,8-10,16H,4,7H2,1-3H3,(H,18,20). The van der Waals surface area contributed by atoms with E-state index in [-0.39, 0.29) is 11.8 Å². The summed E-state index contributed by atoms with van der Waals surface area (Å²) in [5.41, 5.74) is 1.93. The molecule has 0 aliphatic carbocycles. The van der Waals surface area contributed by atoms with E-state index in [4.69, 9.17) is 4.42 Å². The van der Waals surface area contributed by atoms with E-state index in [1.54, 1.807) is 18.7 Å². The van der Waals surface area contributed by atoms with Gasteiger partial charge in [-0.25, -0.2) is 9.97 Å². The zero-order chi connectivity index (χ0) is 15.2. The number of aromatic nitrogens is 2. The quantitative estimate of drug-likeness (QED) is 0.854. The van der Waals surface area contributed by atoms with Gasteiger partial charge in [-0.2, -0.15) is 0 Å². The highest BCUT2D eigenvalue weighted by Crippen LogP contribution is 2.16. The van der Waals surface area contributed by atoms with Crippen molar-refractivity contribution < 1.29 is 9.21 Å². The van der Waals surface area contributed by atoms with Gasteiger partial charge in [0.2, 0.25) is 0 Å². The van der Waals surface area contributed by atoms with E-state index in [1.165, 1.54) is 0 Å². The number of hydrogen-bond donors (Lipinski definition) is 2. The van der Waals surface area contributed by atoms with Gasteiger partial charge in [0.25, 0.3) is 5.91 Å². The van der Waals surface area contributed by atoms with E-state index in [2.05, 4.69) is 20.6 Å². The summed E-state index contributed by atoms with van der Waals surface area (Å²) in [5.74, 6) is 0.600. The van der Waals surface area contributed by atoms with E-state index in [0.717, 1.165) is 5.56 Å². The molecule has 2 aromatic heterocycles. The van der Waals surface area contributed by atoms with Gasteiger partial charge in [0.05, 0.1) is 24.4 Å². The zero-order valence-corrected chi connectivity index (χ0v) is 12.5. The van der Waals surface area contributed by atoms with Crippen LogP contribution in [-0.4, -0.2) is 22.4 Å². The minimum absolute atomic E-state index is 0.168. The van der Waals surface area contributed by atoms with Crippen molar-refractivity contribution in [2.45, 2.75) is 33.2 Å². The van der Waals surface area contributed by atoms with Crippen molar-refractivity contribution in [3.05, 3.63) is 41.9 Å². The van der Waals surface area contributed by atoms with Crippen molar-refractivity contribution in [2.24, 2.45) is 0 Å². The van der Waals surface area contributed by atoms with E-state index in [1.807, 2.05) is 26.8 Å². The summed E-state index contributed by atoms with van der Waals surface area (Å²) in [6.45, 7) is 7.06. The molecule has 0 aromatic carbocycles. The molecule has 1 amide bonds. The lowest BCUT2D eigenvalue weighted by Gasteiger charge is -2.12. The second-order valence-corrected chi connectivity index (χ2v) is 4.99. The summed E-state index contributed by atoms with van der Waals surface area (Å²) in [4.78, 5) is 21.0. The monoisotopic (exact) mass is 288 g/mol. The van der Waals surface area contributed by atoms with Crippen LogP contribution >= 0.6 is 0 Å². The first-order valence-electron chi connectivity index (χ1n) is 7.02. The van der Waals surface area contributed by atoms with Crippen LogP contribution in [0.3, 0.4) is 0 Å². The first-order valence-corrected chi connectivity index (χ1v) is 7.02. The van der Waals surface area contributed by atoms with E-state index < -0.39 is 0 Å². The Kier molecular flexibility index (Phi) is 4.92. The average molecular weight is 288 g/mol. The number of carbonyl (C=O) groups excluding carboxylic acids is 1. The summed E-state index contributed by atoms with van der Waals surface area (Å²) in [6.07, 6.45) is 4.84. The summed E-state index contributed by atoms with van der Waals surface area (Å²) in [5, 5.41) is 5.95. The van der Waals surface area contributed by atoms with Crippen LogP contribution in [0.25, 0.3) is 0 Å². The Labute approximate surface area is 124 Å². The van der Waals surface area contributed by atoms with E-state index in [0.29, 0.717) is 30.3 Å². The highest BCUT2D eigenvalue weighted by Gasteiger charge is 2.16. The molecule has 112 valence electrons. The summed E-state index contributed by atoms with van der Waals surface area (Å²) >= 11 is 0. The van der Waals surface area contributed by atoms with Crippen molar-refractivity contribution in [3.63, 3.8) is 0 Å². The molecule has 6 heteroatoms. The number of nitrogens with zero attached hydrogens (tertiary/aromatic N) is 2. The summed E-state index contributed by atoms with van der Waals surface area (Å²) in [7, 11) is 0. The molecule has 0 aliphatic rings.